The zero-order valence-electron chi connectivity index (χ0n) is 9.46. The van der Waals surface area contributed by atoms with Crippen LogP contribution >= 0.6 is 22.9 Å². The molecule has 19 heavy (non-hydrogen) atoms. The Hall–Kier alpha value is -1.57. The van der Waals surface area contributed by atoms with Gasteiger partial charge in [0.1, 0.15) is 0 Å². The number of halogens is 1. The number of sulfonamides is 1. The lowest BCUT2D eigenvalue weighted by atomic mass is 10.3. The molecule has 1 aromatic carbocycles. The molecule has 1 aromatic heterocycles. The standard InChI is InChI=1S/C11H9ClN2O3S2/c12-8-1-3-9(4-2-8)13-11(15)14-19(16,17)10-5-6-18-7-10/h1-7H,(H2,13,14,15). The average Bonchev–Trinajstić information content (AvgIpc) is 2.85. The van der Waals surface area contributed by atoms with Gasteiger partial charge < -0.3 is 5.32 Å². The fourth-order valence-corrected chi connectivity index (χ4v) is 3.34. The molecule has 0 aliphatic carbocycles. The molecule has 2 aromatic rings. The molecular formula is C11H9ClN2O3S2. The topological polar surface area (TPSA) is 75.3 Å². The summed E-state index contributed by atoms with van der Waals surface area (Å²) in [7, 11) is -3.82. The molecule has 0 bridgehead atoms. The first kappa shape index (κ1) is 13.9. The SMILES string of the molecule is O=C(Nc1ccc(Cl)cc1)NS(=O)(=O)c1ccsc1. The monoisotopic (exact) mass is 316 g/mol. The quantitative estimate of drug-likeness (QED) is 0.914. The van der Waals surface area contributed by atoms with Gasteiger partial charge in [-0.3, -0.25) is 0 Å². The van der Waals surface area contributed by atoms with E-state index in [2.05, 4.69) is 5.32 Å². The maximum Gasteiger partial charge on any atom is 0.333 e. The summed E-state index contributed by atoms with van der Waals surface area (Å²) in [5, 5.41) is 5.99. The Labute approximate surface area is 119 Å². The van der Waals surface area contributed by atoms with Gasteiger partial charge in [-0.05, 0) is 35.7 Å². The second kappa shape index (κ2) is 5.60. The van der Waals surface area contributed by atoms with Crippen LogP contribution in [0.1, 0.15) is 0 Å². The van der Waals surface area contributed by atoms with Crippen LogP contribution in [0.3, 0.4) is 0 Å². The molecule has 0 fully saturated rings. The minimum atomic E-state index is -3.82. The van der Waals surface area contributed by atoms with Gasteiger partial charge in [-0.1, -0.05) is 11.6 Å². The number of thiophene rings is 1. The molecule has 0 saturated carbocycles. The van der Waals surface area contributed by atoms with E-state index in [1.165, 1.54) is 22.8 Å². The van der Waals surface area contributed by atoms with Crippen LogP contribution in [0.4, 0.5) is 10.5 Å². The Kier molecular flexibility index (Phi) is 4.08. The van der Waals surface area contributed by atoms with Crippen molar-refractivity contribution >= 4 is 44.7 Å². The Morgan fingerprint density at radius 2 is 1.84 bits per heavy atom. The van der Waals surface area contributed by atoms with E-state index in [9.17, 15) is 13.2 Å². The largest absolute Gasteiger partial charge is 0.333 e. The third-order valence-corrected chi connectivity index (χ3v) is 4.55. The molecule has 0 atom stereocenters. The van der Waals surface area contributed by atoms with Crippen LogP contribution in [0.2, 0.25) is 5.02 Å². The highest BCUT2D eigenvalue weighted by atomic mass is 35.5. The lowest BCUT2D eigenvalue weighted by molar-refractivity contribution is 0.256. The van der Waals surface area contributed by atoms with E-state index in [0.29, 0.717) is 10.7 Å². The Morgan fingerprint density at radius 3 is 2.42 bits per heavy atom. The van der Waals surface area contributed by atoms with Gasteiger partial charge in [-0.2, -0.15) is 11.3 Å². The maximum atomic E-state index is 11.8. The zero-order valence-corrected chi connectivity index (χ0v) is 11.8. The van der Waals surface area contributed by atoms with Crippen LogP contribution in [0.25, 0.3) is 0 Å². The number of anilines is 1. The van der Waals surface area contributed by atoms with Gasteiger partial charge in [-0.15, -0.1) is 0 Å². The fourth-order valence-electron chi connectivity index (χ4n) is 1.28. The van der Waals surface area contributed by atoms with E-state index in [4.69, 9.17) is 11.6 Å². The summed E-state index contributed by atoms with van der Waals surface area (Å²) in [6.07, 6.45) is 0. The number of hydrogen-bond acceptors (Lipinski definition) is 4. The lowest BCUT2D eigenvalue weighted by Gasteiger charge is -2.07. The highest BCUT2D eigenvalue weighted by Gasteiger charge is 2.17. The summed E-state index contributed by atoms with van der Waals surface area (Å²) in [5.41, 5.74) is 0.447. The molecule has 8 heteroatoms. The van der Waals surface area contributed by atoms with Crippen molar-refractivity contribution in [3.05, 3.63) is 46.1 Å². The molecule has 0 saturated heterocycles. The molecule has 2 rings (SSSR count). The third-order valence-electron chi connectivity index (χ3n) is 2.13. The number of amides is 2. The summed E-state index contributed by atoms with van der Waals surface area (Å²) in [6, 6.07) is 6.91. The molecule has 0 unspecified atom stereocenters. The third kappa shape index (κ3) is 3.69. The van der Waals surface area contributed by atoms with Crippen molar-refractivity contribution in [2.75, 3.05) is 5.32 Å². The summed E-state index contributed by atoms with van der Waals surface area (Å²) in [4.78, 5) is 11.6. The van der Waals surface area contributed by atoms with Crippen LogP contribution in [-0.4, -0.2) is 14.4 Å². The van der Waals surface area contributed by atoms with Gasteiger partial charge in [0.15, 0.2) is 0 Å². The second-order valence-corrected chi connectivity index (χ2v) is 6.42. The van der Waals surface area contributed by atoms with Gasteiger partial charge in [0.25, 0.3) is 10.0 Å². The second-order valence-electron chi connectivity index (χ2n) is 3.53. The first-order valence-electron chi connectivity index (χ1n) is 5.09. The molecule has 1 heterocycles. The van der Waals surface area contributed by atoms with Crippen LogP contribution in [0.5, 0.6) is 0 Å². The number of hydrogen-bond donors (Lipinski definition) is 2. The lowest BCUT2D eigenvalue weighted by Crippen LogP contribution is -2.34. The smallest absolute Gasteiger partial charge is 0.307 e. The van der Waals surface area contributed by atoms with E-state index in [0.717, 1.165) is 0 Å². The first-order chi connectivity index (χ1) is 8.97. The van der Waals surface area contributed by atoms with Crippen molar-refractivity contribution in [1.29, 1.82) is 0 Å². The fraction of sp³-hybridized carbons (Fsp3) is 0. The van der Waals surface area contributed by atoms with E-state index >= 15 is 0 Å². The normalized spacial score (nSPS) is 11.0. The summed E-state index contributed by atoms with van der Waals surface area (Å²) in [6.45, 7) is 0. The predicted octanol–water partition coefficient (Wildman–Crippen LogP) is 2.91. The number of carbonyl (C=O) groups is 1. The predicted molar refractivity (Wildman–Crippen MR) is 75.1 cm³/mol. The molecule has 0 spiro atoms. The van der Waals surface area contributed by atoms with E-state index in [1.807, 2.05) is 4.72 Å². The van der Waals surface area contributed by atoms with Gasteiger partial charge in [0, 0.05) is 16.1 Å². The molecule has 0 aliphatic heterocycles. The van der Waals surface area contributed by atoms with Crippen molar-refractivity contribution in [2.45, 2.75) is 4.90 Å². The Morgan fingerprint density at radius 1 is 1.16 bits per heavy atom. The number of rotatable bonds is 3. The minimum absolute atomic E-state index is 0.0590. The molecule has 0 radical (unpaired) electrons. The molecule has 2 N–H and O–H groups in total. The van der Waals surface area contributed by atoms with Crippen LogP contribution in [-0.2, 0) is 10.0 Å². The van der Waals surface area contributed by atoms with Crippen LogP contribution in [0, 0.1) is 0 Å². The van der Waals surface area contributed by atoms with Gasteiger partial charge in [-0.25, -0.2) is 17.9 Å². The van der Waals surface area contributed by atoms with Crippen LogP contribution in [0.15, 0.2) is 46.0 Å². The number of carbonyl (C=O) groups excluding carboxylic acids is 1. The van der Waals surface area contributed by atoms with Crippen molar-refractivity contribution in [2.24, 2.45) is 0 Å². The number of benzene rings is 1. The summed E-state index contributed by atoms with van der Waals surface area (Å²) < 4.78 is 25.4. The Balaban J connectivity index is 2.04. The van der Waals surface area contributed by atoms with Crippen molar-refractivity contribution < 1.29 is 13.2 Å². The van der Waals surface area contributed by atoms with E-state index in [1.54, 1.807) is 29.6 Å². The van der Waals surface area contributed by atoms with Crippen LogP contribution < -0.4 is 10.0 Å². The van der Waals surface area contributed by atoms with Crippen molar-refractivity contribution in [1.82, 2.24) is 4.72 Å². The highest BCUT2D eigenvalue weighted by molar-refractivity contribution is 7.90. The number of nitrogens with one attached hydrogen (secondary N) is 2. The first-order valence-corrected chi connectivity index (χ1v) is 7.89. The van der Waals surface area contributed by atoms with E-state index < -0.39 is 16.1 Å². The van der Waals surface area contributed by atoms with Crippen molar-refractivity contribution in [3.63, 3.8) is 0 Å². The van der Waals surface area contributed by atoms with Gasteiger partial charge >= 0.3 is 6.03 Å². The highest BCUT2D eigenvalue weighted by Crippen LogP contribution is 2.15. The van der Waals surface area contributed by atoms with Crippen molar-refractivity contribution in [3.8, 4) is 0 Å². The van der Waals surface area contributed by atoms with Gasteiger partial charge in [0.2, 0.25) is 0 Å². The average molecular weight is 317 g/mol. The zero-order chi connectivity index (χ0) is 13.9. The van der Waals surface area contributed by atoms with E-state index in [-0.39, 0.29) is 4.90 Å². The summed E-state index contributed by atoms with van der Waals surface area (Å²) in [5.74, 6) is 0. The molecule has 2 amide bonds. The Bertz CT molecular complexity index is 666. The molecule has 5 nitrogen and oxygen atoms in total. The summed E-state index contributed by atoms with van der Waals surface area (Å²) >= 11 is 6.93. The molecule has 100 valence electrons. The minimum Gasteiger partial charge on any atom is -0.307 e. The van der Waals surface area contributed by atoms with Gasteiger partial charge in [0.05, 0.1) is 4.90 Å². The number of urea groups is 1. The maximum absolute atomic E-state index is 11.8. The molecule has 0 aliphatic rings. The molecular weight excluding hydrogens is 308 g/mol.